The van der Waals surface area contributed by atoms with E-state index in [9.17, 15) is 4.79 Å². The number of hydrogen-bond acceptors (Lipinski definition) is 1. The van der Waals surface area contributed by atoms with Gasteiger partial charge in [0.25, 0.3) is 0 Å². The van der Waals surface area contributed by atoms with E-state index in [2.05, 4.69) is 6.92 Å². The van der Waals surface area contributed by atoms with Crippen LogP contribution < -0.4 is 0 Å². The molecule has 1 N–H and O–H groups in total. The Bertz CT molecular complexity index is 177. The van der Waals surface area contributed by atoms with Crippen molar-refractivity contribution in [3.05, 3.63) is 0 Å². The first-order valence-electron chi connectivity index (χ1n) is 5.96. The molecule has 2 atom stereocenters. The second-order valence-corrected chi connectivity index (χ2v) is 4.56. The van der Waals surface area contributed by atoms with Gasteiger partial charge in [0, 0.05) is 0 Å². The van der Waals surface area contributed by atoms with E-state index in [-0.39, 0.29) is 5.92 Å². The van der Waals surface area contributed by atoms with E-state index < -0.39 is 5.97 Å². The summed E-state index contributed by atoms with van der Waals surface area (Å²) < 4.78 is 0. The molecule has 1 rings (SSSR count). The van der Waals surface area contributed by atoms with E-state index in [0.717, 1.165) is 19.3 Å². The van der Waals surface area contributed by atoms with Crippen LogP contribution in [0.3, 0.4) is 0 Å². The summed E-state index contributed by atoms with van der Waals surface area (Å²) in [6, 6.07) is 0. The molecule has 1 saturated carbocycles. The van der Waals surface area contributed by atoms with Gasteiger partial charge in [0.2, 0.25) is 0 Å². The van der Waals surface area contributed by atoms with Crippen molar-refractivity contribution in [2.75, 3.05) is 0 Å². The van der Waals surface area contributed by atoms with Crippen molar-refractivity contribution >= 4 is 5.97 Å². The molecule has 1 aliphatic rings. The summed E-state index contributed by atoms with van der Waals surface area (Å²) >= 11 is 0. The smallest absolute Gasteiger partial charge is 0.306 e. The maximum atomic E-state index is 10.7. The van der Waals surface area contributed by atoms with Crippen molar-refractivity contribution in [3.63, 3.8) is 0 Å². The monoisotopic (exact) mass is 198 g/mol. The normalized spacial score (nSPS) is 26.6. The van der Waals surface area contributed by atoms with Crippen LogP contribution in [-0.2, 0) is 4.79 Å². The number of aliphatic carboxylic acids is 1. The molecule has 2 unspecified atom stereocenters. The van der Waals surface area contributed by atoms with E-state index in [1.807, 2.05) is 0 Å². The van der Waals surface area contributed by atoms with Crippen LogP contribution in [0.15, 0.2) is 0 Å². The Kier molecular flexibility index (Phi) is 4.99. The molecule has 0 aromatic rings. The summed E-state index contributed by atoms with van der Waals surface area (Å²) in [5, 5.41) is 8.84. The molecule has 0 spiro atoms. The minimum Gasteiger partial charge on any atom is -0.481 e. The van der Waals surface area contributed by atoms with Crippen molar-refractivity contribution in [2.24, 2.45) is 11.8 Å². The van der Waals surface area contributed by atoms with E-state index in [0.29, 0.717) is 5.92 Å². The van der Waals surface area contributed by atoms with Crippen LogP contribution in [0.25, 0.3) is 0 Å². The van der Waals surface area contributed by atoms with Crippen molar-refractivity contribution < 1.29 is 9.90 Å². The number of hydrogen-bond donors (Lipinski definition) is 1. The van der Waals surface area contributed by atoms with Gasteiger partial charge in [-0.3, -0.25) is 4.79 Å². The fraction of sp³-hybridized carbons (Fsp3) is 0.917. The van der Waals surface area contributed by atoms with Crippen LogP contribution in [0.1, 0.15) is 58.3 Å². The minimum absolute atomic E-state index is 0.0359. The molecule has 0 bridgehead atoms. The lowest BCUT2D eigenvalue weighted by Gasteiger charge is -2.08. The first kappa shape index (κ1) is 11.5. The molecule has 2 heteroatoms. The second-order valence-electron chi connectivity index (χ2n) is 4.56. The predicted octanol–water partition coefficient (Wildman–Crippen LogP) is 3.46. The third kappa shape index (κ3) is 3.69. The van der Waals surface area contributed by atoms with Gasteiger partial charge >= 0.3 is 5.97 Å². The Balaban J connectivity index is 2.07. The molecule has 0 saturated heterocycles. The molecule has 1 aliphatic carbocycles. The molecule has 0 heterocycles. The molecule has 1 fully saturated rings. The zero-order valence-corrected chi connectivity index (χ0v) is 9.17. The van der Waals surface area contributed by atoms with Crippen LogP contribution in [0.4, 0.5) is 0 Å². The van der Waals surface area contributed by atoms with Crippen molar-refractivity contribution in [3.8, 4) is 0 Å². The maximum absolute atomic E-state index is 10.7. The van der Waals surface area contributed by atoms with Crippen LogP contribution >= 0.6 is 0 Å². The summed E-state index contributed by atoms with van der Waals surface area (Å²) in [5.74, 6) is 0.0835. The first-order chi connectivity index (χ1) is 6.74. The van der Waals surface area contributed by atoms with Gasteiger partial charge in [-0.25, -0.2) is 0 Å². The Morgan fingerprint density at radius 3 is 2.64 bits per heavy atom. The first-order valence-corrected chi connectivity index (χ1v) is 5.96. The number of carboxylic acids is 1. The van der Waals surface area contributed by atoms with Gasteiger partial charge in [-0.05, 0) is 25.2 Å². The Labute approximate surface area is 86.7 Å². The third-order valence-corrected chi connectivity index (χ3v) is 3.36. The quantitative estimate of drug-likeness (QED) is 0.664. The van der Waals surface area contributed by atoms with Gasteiger partial charge in [0.15, 0.2) is 0 Å². The summed E-state index contributed by atoms with van der Waals surface area (Å²) in [5.41, 5.74) is 0. The topological polar surface area (TPSA) is 37.3 Å². The van der Waals surface area contributed by atoms with Crippen LogP contribution in [0, 0.1) is 11.8 Å². The highest BCUT2D eigenvalue weighted by Crippen LogP contribution is 2.34. The second kappa shape index (κ2) is 6.05. The van der Waals surface area contributed by atoms with Crippen LogP contribution in [-0.4, -0.2) is 11.1 Å². The average molecular weight is 198 g/mol. The van der Waals surface area contributed by atoms with Crippen molar-refractivity contribution in [2.45, 2.75) is 58.3 Å². The van der Waals surface area contributed by atoms with Crippen LogP contribution in [0.2, 0.25) is 0 Å². The molecule has 0 aliphatic heterocycles. The van der Waals surface area contributed by atoms with Gasteiger partial charge in [-0.1, -0.05) is 39.0 Å². The molecule has 82 valence electrons. The van der Waals surface area contributed by atoms with E-state index in [4.69, 9.17) is 5.11 Å². The summed E-state index contributed by atoms with van der Waals surface area (Å²) in [6.45, 7) is 2.22. The maximum Gasteiger partial charge on any atom is 0.306 e. The molecule has 2 nitrogen and oxygen atoms in total. The Morgan fingerprint density at radius 2 is 2.07 bits per heavy atom. The average Bonchev–Trinajstić information content (AvgIpc) is 2.61. The fourth-order valence-corrected chi connectivity index (χ4v) is 2.42. The summed E-state index contributed by atoms with van der Waals surface area (Å²) in [4.78, 5) is 10.7. The SMILES string of the molecule is CCCCCCC1CCC(C(=O)O)C1. The highest BCUT2D eigenvalue weighted by atomic mass is 16.4. The third-order valence-electron chi connectivity index (χ3n) is 3.36. The van der Waals surface area contributed by atoms with Gasteiger partial charge < -0.3 is 5.11 Å². The van der Waals surface area contributed by atoms with Crippen molar-refractivity contribution in [1.82, 2.24) is 0 Å². The minimum atomic E-state index is -0.582. The summed E-state index contributed by atoms with van der Waals surface area (Å²) in [6.07, 6.45) is 9.47. The van der Waals surface area contributed by atoms with Gasteiger partial charge in [0.05, 0.1) is 5.92 Å². The Morgan fingerprint density at radius 1 is 1.29 bits per heavy atom. The number of rotatable bonds is 6. The summed E-state index contributed by atoms with van der Waals surface area (Å²) in [7, 11) is 0. The molecule has 0 aromatic heterocycles. The molecule has 0 amide bonds. The van der Waals surface area contributed by atoms with Gasteiger partial charge in [0.1, 0.15) is 0 Å². The lowest BCUT2D eigenvalue weighted by Crippen LogP contribution is -2.09. The number of unbranched alkanes of at least 4 members (excludes halogenated alkanes) is 3. The van der Waals surface area contributed by atoms with Gasteiger partial charge in [-0.15, -0.1) is 0 Å². The molecule has 0 aromatic carbocycles. The highest BCUT2D eigenvalue weighted by molar-refractivity contribution is 5.70. The van der Waals surface area contributed by atoms with E-state index in [1.165, 1.54) is 32.1 Å². The molecular formula is C12H22O2. The van der Waals surface area contributed by atoms with Gasteiger partial charge in [-0.2, -0.15) is 0 Å². The standard InChI is InChI=1S/C12H22O2/c1-2-3-4-5-6-10-7-8-11(9-10)12(13)14/h10-11H,2-9H2,1H3,(H,13,14). The molecule has 0 radical (unpaired) electrons. The number of carbonyl (C=O) groups is 1. The van der Waals surface area contributed by atoms with E-state index >= 15 is 0 Å². The fourth-order valence-electron chi connectivity index (χ4n) is 2.42. The van der Waals surface area contributed by atoms with E-state index in [1.54, 1.807) is 0 Å². The number of carboxylic acid groups (broad SMARTS) is 1. The lowest BCUT2D eigenvalue weighted by molar-refractivity contribution is -0.141. The zero-order valence-electron chi connectivity index (χ0n) is 9.17. The predicted molar refractivity (Wildman–Crippen MR) is 57.2 cm³/mol. The largest absolute Gasteiger partial charge is 0.481 e. The van der Waals surface area contributed by atoms with Crippen molar-refractivity contribution in [1.29, 1.82) is 0 Å². The Hall–Kier alpha value is -0.530. The zero-order chi connectivity index (χ0) is 10.4. The van der Waals surface area contributed by atoms with Crippen LogP contribution in [0.5, 0.6) is 0 Å². The molecule has 14 heavy (non-hydrogen) atoms. The molecular weight excluding hydrogens is 176 g/mol. The highest BCUT2D eigenvalue weighted by Gasteiger charge is 2.28. The lowest BCUT2D eigenvalue weighted by atomic mass is 9.98.